The van der Waals surface area contributed by atoms with Crippen LogP contribution in [-0.2, 0) is 6.54 Å². The number of nitrogens with zero attached hydrogens (tertiary/aromatic N) is 3. The van der Waals surface area contributed by atoms with Crippen LogP contribution >= 0.6 is 11.3 Å². The molecular formula is C17H23N3S. The van der Waals surface area contributed by atoms with E-state index in [2.05, 4.69) is 41.0 Å². The summed E-state index contributed by atoms with van der Waals surface area (Å²) >= 11 is 2.00. The fourth-order valence-corrected chi connectivity index (χ4v) is 4.31. The minimum atomic E-state index is 0.310. The summed E-state index contributed by atoms with van der Waals surface area (Å²) in [4.78, 5) is 13.8. The lowest BCUT2D eigenvalue weighted by molar-refractivity contribution is 0.250. The first-order valence-electron chi connectivity index (χ1n) is 7.79. The quantitative estimate of drug-likeness (QED) is 0.820. The maximum absolute atomic E-state index is 4.36. The van der Waals surface area contributed by atoms with Crippen LogP contribution in [0.5, 0.6) is 0 Å². The van der Waals surface area contributed by atoms with Gasteiger partial charge in [-0.15, -0.1) is 11.3 Å². The topological polar surface area (TPSA) is 29.0 Å². The van der Waals surface area contributed by atoms with Crippen molar-refractivity contribution < 1.29 is 0 Å². The summed E-state index contributed by atoms with van der Waals surface area (Å²) in [5.41, 5.74) is 1.08. The summed E-state index contributed by atoms with van der Waals surface area (Å²) in [6.07, 6.45) is 9.02. The molecule has 0 saturated heterocycles. The van der Waals surface area contributed by atoms with Crippen molar-refractivity contribution in [2.75, 3.05) is 7.05 Å². The van der Waals surface area contributed by atoms with E-state index in [9.17, 15) is 0 Å². The summed E-state index contributed by atoms with van der Waals surface area (Å²) in [6.45, 7) is 3.19. The zero-order valence-corrected chi connectivity index (χ0v) is 13.6. The second-order valence-corrected chi connectivity index (χ2v) is 7.21. The lowest BCUT2D eigenvalue weighted by Gasteiger charge is -2.23. The van der Waals surface area contributed by atoms with Crippen LogP contribution in [0.3, 0.4) is 0 Å². The van der Waals surface area contributed by atoms with Gasteiger partial charge in [-0.25, -0.2) is 9.97 Å². The second kappa shape index (κ2) is 6.67. The molecule has 4 heteroatoms. The molecule has 0 aliphatic heterocycles. The van der Waals surface area contributed by atoms with Gasteiger partial charge in [-0.3, -0.25) is 4.90 Å². The van der Waals surface area contributed by atoms with Gasteiger partial charge in [-0.1, -0.05) is 12.8 Å². The van der Waals surface area contributed by atoms with Crippen LogP contribution in [0.4, 0.5) is 0 Å². The van der Waals surface area contributed by atoms with Gasteiger partial charge in [-0.2, -0.15) is 0 Å². The van der Waals surface area contributed by atoms with Crippen molar-refractivity contribution in [3.05, 3.63) is 46.2 Å². The molecule has 0 amide bonds. The van der Waals surface area contributed by atoms with Crippen molar-refractivity contribution in [3.63, 3.8) is 0 Å². The molecule has 3 nitrogen and oxygen atoms in total. The van der Waals surface area contributed by atoms with E-state index in [1.54, 1.807) is 11.2 Å². The molecule has 112 valence electrons. The highest BCUT2D eigenvalue weighted by Gasteiger charge is 2.19. The molecule has 1 fully saturated rings. The summed E-state index contributed by atoms with van der Waals surface area (Å²) in [7, 11) is 2.17. The van der Waals surface area contributed by atoms with Crippen LogP contribution < -0.4 is 0 Å². The Hall–Kier alpha value is -1.26. The molecule has 1 atom stereocenters. The largest absolute Gasteiger partial charge is 0.293 e. The van der Waals surface area contributed by atoms with E-state index in [4.69, 9.17) is 0 Å². The first-order valence-corrected chi connectivity index (χ1v) is 8.60. The Balaban J connectivity index is 1.63. The molecular weight excluding hydrogens is 278 g/mol. The highest BCUT2D eigenvalue weighted by molar-refractivity contribution is 7.12. The van der Waals surface area contributed by atoms with E-state index in [0.29, 0.717) is 6.04 Å². The van der Waals surface area contributed by atoms with E-state index in [1.165, 1.54) is 30.6 Å². The van der Waals surface area contributed by atoms with Crippen LogP contribution in [0.15, 0.2) is 30.7 Å². The first kappa shape index (κ1) is 14.7. The summed E-state index contributed by atoms with van der Waals surface area (Å²) in [5, 5.41) is 0. The SMILES string of the molecule is C[C@H](c1ccncn1)N(C)Cc1ccc(C2CCCC2)s1. The number of hydrogen-bond donors (Lipinski definition) is 0. The average Bonchev–Trinajstić information content (AvgIpc) is 3.18. The predicted octanol–water partition coefficient (Wildman–Crippen LogP) is 4.39. The minimum Gasteiger partial charge on any atom is -0.293 e. The number of thiophene rings is 1. The minimum absolute atomic E-state index is 0.310. The number of aromatic nitrogens is 2. The molecule has 1 saturated carbocycles. The molecule has 21 heavy (non-hydrogen) atoms. The Labute approximate surface area is 131 Å². The molecule has 1 aliphatic rings. The Morgan fingerprint density at radius 3 is 2.81 bits per heavy atom. The zero-order valence-electron chi connectivity index (χ0n) is 12.8. The van der Waals surface area contributed by atoms with E-state index in [1.807, 2.05) is 23.6 Å². The van der Waals surface area contributed by atoms with Gasteiger partial charge in [0, 0.05) is 28.5 Å². The monoisotopic (exact) mass is 301 g/mol. The van der Waals surface area contributed by atoms with Crippen molar-refractivity contribution in [2.45, 2.75) is 51.1 Å². The third-order valence-corrected chi connectivity index (χ3v) is 5.77. The van der Waals surface area contributed by atoms with Crippen LogP contribution in [-0.4, -0.2) is 21.9 Å². The van der Waals surface area contributed by atoms with Gasteiger partial charge in [0.1, 0.15) is 6.33 Å². The molecule has 0 aromatic carbocycles. The van der Waals surface area contributed by atoms with Gasteiger partial charge < -0.3 is 0 Å². The lowest BCUT2D eigenvalue weighted by atomic mass is 10.1. The second-order valence-electron chi connectivity index (χ2n) is 6.01. The standard InChI is InChI=1S/C17H23N3S/c1-13(16-9-10-18-12-19-16)20(2)11-15-7-8-17(21-15)14-5-3-4-6-14/h7-10,12-14H,3-6,11H2,1-2H3/t13-/m1/s1. The van der Waals surface area contributed by atoms with Crippen LogP contribution in [0.1, 0.15) is 60.0 Å². The summed E-state index contributed by atoms with van der Waals surface area (Å²) in [6, 6.07) is 6.96. The highest BCUT2D eigenvalue weighted by Crippen LogP contribution is 2.38. The maximum Gasteiger partial charge on any atom is 0.115 e. The van der Waals surface area contributed by atoms with Gasteiger partial charge in [-0.05, 0) is 50.9 Å². The molecule has 2 heterocycles. The van der Waals surface area contributed by atoms with Crippen molar-refractivity contribution in [3.8, 4) is 0 Å². The molecule has 0 spiro atoms. The fraction of sp³-hybridized carbons (Fsp3) is 0.529. The zero-order chi connectivity index (χ0) is 14.7. The maximum atomic E-state index is 4.36. The molecule has 0 radical (unpaired) electrons. The van der Waals surface area contributed by atoms with Crippen molar-refractivity contribution in [2.24, 2.45) is 0 Å². The smallest absolute Gasteiger partial charge is 0.115 e. The van der Waals surface area contributed by atoms with Crippen LogP contribution in [0, 0.1) is 0 Å². The Bertz CT molecular complexity index is 560. The summed E-state index contributed by atoms with van der Waals surface area (Å²) in [5.74, 6) is 0.827. The molecule has 2 aromatic rings. The average molecular weight is 301 g/mol. The molecule has 1 aliphatic carbocycles. The third-order valence-electron chi connectivity index (χ3n) is 4.54. The van der Waals surface area contributed by atoms with Gasteiger partial charge >= 0.3 is 0 Å². The van der Waals surface area contributed by atoms with E-state index >= 15 is 0 Å². The lowest BCUT2D eigenvalue weighted by Crippen LogP contribution is -2.22. The number of hydrogen-bond acceptors (Lipinski definition) is 4. The van der Waals surface area contributed by atoms with E-state index in [0.717, 1.165) is 18.2 Å². The van der Waals surface area contributed by atoms with Crippen molar-refractivity contribution in [1.29, 1.82) is 0 Å². The molecule has 0 unspecified atom stereocenters. The van der Waals surface area contributed by atoms with E-state index < -0.39 is 0 Å². The van der Waals surface area contributed by atoms with Crippen molar-refractivity contribution >= 4 is 11.3 Å². The Morgan fingerprint density at radius 1 is 1.29 bits per heavy atom. The number of rotatable bonds is 5. The van der Waals surface area contributed by atoms with E-state index in [-0.39, 0.29) is 0 Å². The molecule has 3 rings (SSSR count). The van der Waals surface area contributed by atoms with Crippen molar-refractivity contribution in [1.82, 2.24) is 14.9 Å². The predicted molar refractivity (Wildman–Crippen MR) is 87.4 cm³/mol. The molecule has 0 N–H and O–H groups in total. The third kappa shape index (κ3) is 3.50. The van der Waals surface area contributed by atoms with Crippen LogP contribution in [0.2, 0.25) is 0 Å². The van der Waals surface area contributed by atoms with Gasteiger partial charge in [0.25, 0.3) is 0 Å². The van der Waals surface area contributed by atoms with Gasteiger partial charge in [0.15, 0.2) is 0 Å². The molecule has 2 aromatic heterocycles. The van der Waals surface area contributed by atoms with Gasteiger partial charge in [0.05, 0.1) is 5.69 Å². The normalized spacial score (nSPS) is 17.5. The van der Waals surface area contributed by atoms with Crippen LogP contribution in [0.25, 0.3) is 0 Å². The first-order chi connectivity index (χ1) is 10.2. The highest BCUT2D eigenvalue weighted by atomic mass is 32.1. The summed E-state index contributed by atoms with van der Waals surface area (Å²) < 4.78 is 0. The molecule has 0 bridgehead atoms. The Kier molecular flexibility index (Phi) is 4.66. The van der Waals surface area contributed by atoms with Gasteiger partial charge in [0.2, 0.25) is 0 Å². The Morgan fingerprint density at radius 2 is 2.10 bits per heavy atom. The fourth-order valence-electron chi connectivity index (χ4n) is 3.07.